The summed E-state index contributed by atoms with van der Waals surface area (Å²) in [5, 5.41) is 20.3. The minimum Gasteiger partial charge on any atom is -0.434 e. The van der Waals surface area contributed by atoms with Crippen LogP contribution in [0.1, 0.15) is 5.56 Å². The van der Waals surface area contributed by atoms with Gasteiger partial charge < -0.3 is 4.74 Å². The highest BCUT2D eigenvalue weighted by molar-refractivity contribution is 6.31. The first-order chi connectivity index (χ1) is 13.0. The predicted molar refractivity (Wildman–Crippen MR) is 97.4 cm³/mol. The average Bonchev–Trinajstić information content (AvgIpc) is 3.08. The normalized spacial score (nSPS) is 10.9. The molecule has 27 heavy (non-hydrogen) atoms. The molecule has 4 rings (SSSR count). The van der Waals surface area contributed by atoms with E-state index in [2.05, 4.69) is 20.3 Å². The Balaban J connectivity index is 1.85. The lowest BCUT2D eigenvalue weighted by molar-refractivity contribution is -0.386. The molecule has 134 valence electrons. The zero-order valence-corrected chi connectivity index (χ0v) is 14.7. The number of halogens is 1. The second-order valence-corrected chi connectivity index (χ2v) is 6.02. The maximum absolute atomic E-state index is 11.7. The van der Waals surface area contributed by atoms with Crippen molar-refractivity contribution in [1.82, 2.24) is 25.0 Å². The summed E-state index contributed by atoms with van der Waals surface area (Å²) in [6, 6.07) is 12.0. The fraction of sp³-hybridized carbons (Fsp3) is 0.0588. The lowest BCUT2D eigenvalue weighted by Gasteiger charge is -2.09. The maximum Gasteiger partial charge on any atom is 0.375 e. The molecule has 2 heterocycles. The van der Waals surface area contributed by atoms with Gasteiger partial charge in [0.2, 0.25) is 5.82 Å². The SMILES string of the molecule is Cc1cc(Oc2ncnc(-n3nnc4ccccc43)c2[N+](=O)[O-])ccc1Cl. The van der Waals surface area contributed by atoms with Crippen LogP contribution >= 0.6 is 11.6 Å². The van der Waals surface area contributed by atoms with Gasteiger partial charge in [-0.15, -0.1) is 5.10 Å². The van der Waals surface area contributed by atoms with Crippen LogP contribution in [0.5, 0.6) is 11.6 Å². The van der Waals surface area contributed by atoms with Gasteiger partial charge in [-0.1, -0.05) is 28.9 Å². The molecule has 2 aromatic carbocycles. The molecule has 10 heteroatoms. The van der Waals surface area contributed by atoms with Crippen LogP contribution in [0, 0.1) is 17.0 Å². The molecule has 4 aromatic rings. The number of benzene rings is 2. The van der Waals surface area contributed by atoms with E-state index in [-0.39, 0.29) is 11.7 Å². The number of nitro groups is 1. The molecule has 0 saturated carbocycles. The largest absolute Gasteiger partial charge is 0.434 e. The van der Waals surface area contributed by atoms with Gasteiger partial charge in [0.1, 0.15) is 17.6 Å². The molecule has 0 spiro atoms. The van der Waals surface area contributed by atoms with Crippen LogP contribution in [0.4, 0.5) is 5.69 Å². The monoisotopic (exact) mass is 382 g/mol. The Morgan fingerprint density at radius 1 is 1.19 bits per heavy atom. The van der Waals surface area contributed by atoms with Gasteiger partial charge in [-0.3, -0.25) is 10.1 Å². The van der Waals surface area contributed by atoms with E-state index in [4.69, 9.17) is 16.3 Å². The van der Waals surface area contributed by atoms with E-state index in [9.17, 15) is 10.1 Å². The van der Waals surface area contributed by atoms with Crippen LogP contribution in [-0.2, 0) is 0 Å². The Bertz CT molecular complexity index is 1180. The van der Waals surface area contributed by atoms with Crippen LogP contribution in [-0.4, -0.2) is 29.9 Å². The van der Waals surface area contributed by atoms with E-state index in [1.54, 1.807) is 49.4 Å². The summed E-state index contributed by atoms with van der Waals surface area (Å²) >= 11 is 6.01. The van der Waals surface area contributed by atoms with Gasteiger partial charge >= 0.3 is 11.6 Å². The third-order valence-electron chi connectivity index (χ3n) is 3.85. The van der Waals surface area contributed by atoms with Crippen molar-refractivity contribution < 1.29 is 9.66 Å². The van der Waals surface area contributed by atoms with Gasteiger partial charge in [0, 0.05) is 5.02 Å². The van der Waals surface area contributed by atoms with Crippen LogP contribution < -0.4 is 4.74 Å². The molecular weight excluding hydrogens is 372 g/mol. The van der Waals surface area contributed by atoms with Crippen molar-refractivity contribution in [3.8, 4) is 17.4 Å². The number of hydrogen-bond donors (Lipinski definition) is 0. The Morgan fingerprint density at radius 2 is 2.00 bits per heavy atom. The van der Waals surface area contributed by atoms with Gasteiger partial charge in [0.05, 0.1) is 10.4 Å². The molecule has 0 unspecified atom stereocenters. The van der Waals surface area contributed by atoms with E-state index < -0.39 is 10.6 Å². The smallest absolute Gasteiger partial charge is 0.375 e. The Kier molecular flexibility index (Phi) is 4.13. The number of hydrogen-bond acceptors (Lipinski definition) is 7. The number of fused-ring (bicyclic) bond motifs is 1. The average molecular weight is 383 g/mol. The van der Waals surface area contributed by atoms with Crippen molar-refractivity contribution >= 4 is 28.3 Å². The van der Waals surface area contributed by atoms with E-state index in [0.29, 0.717) is 21.8 Å². The maximum atomic E-state index is 11.7. The van der Waals surface area contributed by atoms with Gasteiger partial charge in [-0.2, -0.15) is 9.67 Å². The first-order valence-corrected chi connectivity index (χ1v) is 8.16. The van der Waals surface area contributed by atoms with Crippen LogP contribution in [0.2, 0.25) is 5.02 Å². The molecule has 9 nitrogen and oxygen atoms in total. The van der Waals surface area contributed by atoms with Crippen molar-refractivity contribution in [1.29, 1.82) is 0 Å². The molecule has 0 fully saturated rings. The van der Waals surface area contributed by atoms with Gasteiger partial charge in [-0.25, -0.2) is 4.98 Å². The van der Waals surface area contributed by atoms with Crippen molar-refractivity contribution in [2.45, 2.75) is 6.92 Å². The molecule has 0 aliphatic carbocycles. The molecule has 0 amide bonds. The Labute approximate surface area is 157 Å². The Hall–Kier alpha value is -3.59. The van der Waals surface area contributed by atoms with Crippen molar-refractivity contribution in [3.63, 3.8) is 0 Å². The third kappa shape index (κ3) is 3.04. The second-order valence-electron chi connectivity index (χ2n) is 5.61. The zero-order valence-electron chi connectivity index (χ0n) is 13.9. The number of aromatic nitrogens is 5. The van der Waals surface area contributed by atoms with E-state index in [1.165, 1.54) is 11.0 Å². The highest BCUT2D eigenvalue weighted by Gasteiger charge is 2.28. The minimum atomic E-state index is -0.607. The summed E-state index contributed by atoms with van der Waals surface area (Å²) in [6.07, 6.45) is 1.18. The van der Waals surface area contributed by atoms with Crippen molar-refractivity contribution in [3.05, 3.63) is 69.5 Å². The molecule has 0 aliphatic rings. The lowest BCUT2D eigenvalue weighted by Crippen LogP contribution is -2.07. The zero-order chi connectivity index (χ0) is 19.0. The van der Waals surface area contributed by atoms with E-state index in [1.807, 2.05) is 0 Å². The fourth-order valence-corrected chi connectivity index (χ4v) is 2.68. The van der Waals surface area contributed by atoms with Gasteiger partial charge in [0.25, 0.3) is 0 Å². The molecule has 0 radical (unpaired) electrons. The summed E-state index contributed by atoms with van der Waals surface area (Å²) in [4.78, 5) is 19.1. The molecule has 0 N–H and O–H groups in total. The summed E-state index contributed by atoms with van der Waals surface area (Å²) < 4.78 is 6.93. The molecule has 0 atom stereocenters. The standard InChI is InChI=1S/C17H11ClN6O3/c1-10-8-11(6-7-12(10)18)27-17-15(24(25)26)16(19-9-20-17)23-14-5-3-2-4-13(14)21-22-23/h2-9H,1H3. The highest BCUT2D eigenvalue weighted by atomic mass is 35.5. The van der Waals surface area contributed by atoms with Crippen LogP contribution in [0.15, 0.2) is 48.8 Å². The molecular formula is C17H11ClN6O3. The number of aryl methyl sites for hydroxylation is 1. The molecule has 0 saturated heterocycles. The fourth-order valence-electron chi connectivity index (χ4n) is 2.56. The van der Waals surface area contributed by atoms with E-state index >= 15 is 0 Å². The van der Waals surface area contributed by atoms with Crippen molar-refractivity contribution in [2.24, 2.45) is 0 Å². The topological polar surface area (TPSA) is 109 Å². The molecule has 0 aliphatic heterocycles. The van der Waals surface area contributed by atoms with Crippen LogP contribution in [0.25, 0.3) is 16.9 Å². The minimum absolute atomic E-state index is 0.0376. The molecule has 2 aromatic heterocycles. The van der Waals surface area contributed by atoms with Gasteiger partial charge in [-0.05, 0) is 42.8 Å². The Morgan fingerprint density at radius 3 is 2.78 bits per heavy atom. The van der Waals surface area contributed by atoms with E-state index in [0.717, 1.165) is 5.56 Å². The summed E-state index contributed by atoms with van der Waals surface area (Å²) in [6.45, 7) is 1.80. The lowest BCUT2D eigenvalue weighted by atomic mass is 10.2. The van der Waals surface area contributed by atoms with Gasteiger partial charge in [0.15, 0.2) is 0 Å². The summed E-state index contributed by atoms with van der Waals surface area (Å²) in [7, 11) is 0. The second kappa shape index (κ2) is 6.61. The quantitative estimate of drug-likeness (QED) is 0.389. The summed E-state index contributed by atoms with van der Waals surface area (Å²) in [5.74, 6) is 0.129. The number of ether oxygens (including phenoxy) is 1. The van der Waals surface area contributed by atoms with Crippen molar-refractivity contribution in [2.75, 3.05) is 0 Å². The first kappa shape index (κ1) is 16.9. The predicted octanol–water partition coefficient (Wildman–Crippen LogP) is 3.87. The number of rotatable bonds is 4. The number of nitrogens with zero attached hydrogens (tertiary/aromatic N) is 6. The highest BCUT2D eigenvalue weighted by Crippen LogP contribution is 2.34. The number of para-hydroxylation sites is 1. The molecule has 0 bridgehead atoms. The first-order valence-electron chi connectivity index (χ1n) is 7.79. The summed E-state index contributed by atoms with van der Waals surface area (Å²) in [5.41, 5.74) is 1.52. The third-order valence-corrected chi connectivity index (χ3v) is 4.27. The van der Waals surface area contributed by atoms with Crippen LogP contribution in [0.3, 0.4) is 0 Å².